The van der Waals surface area contributed by atoms with Gasteiger partial charge in [0.15, 0.2) is 0 Å². The summed E-state index contributed by atoms with van der Waals surface area (Å²) in [5.41, 5.74) is 10.7. The van der Waals surface area contributed by atoms with Crippen LogP contribution >= 0.6 is 0 Å². The van der Waals surface area contributed by atoms with Gasteiger partial charge < -0.3 is 15.8 Å². The van der Waals surface area contributed by atoms with E-state index in [1.165, 1.54) is 39.9 Å². The molecule has 104 valence electrons. The molecule has 2 aromatic carbocycles. The normalized spacial score (nSPS) is 18.9. The molecule has 2 aliphatic rings. The van der Waals surface area contributed by atoms with E-state index in [1.807, 2.05) is 6.07 Å². The van der Waals surface area contributed by atoms with Crippen LogP contribution in [-0.2, 0) is 13.1 Å². The van der Waals surface area contributed by atoms with Crippen molar-refractivity contribution in [3.05, 3.63) is 35.4 Å². The van der Waals surface area contributed by atoms with Gasteiger partial charge in [0.1, 0.15) is 0 Å². The molecule has 0 bridgehead atoms. The van der Waals surface area contributed by atoms with Crippen molar-refractivity contribution in [3.8, 4) is 0 Å². The average Bonchev–Trinajstić information content (AvgIpc) is 2.92. The van der Waals surface area contributed by atoms with Crippen molar-refractivity contribution in [2.75, 3.05) is 23.7 Å². The number of benzene rings is 2. The van der Waals surface area contributed by atoms with Crippen LogP contribution < -0.4 is 10.6 Å². The molecule has 2 heterocycles. The van der Waals surface area contributed by atoms with Crippen LogP contribution in [0.5, 0.6) is 0 Å². The number of nitrogens with two attached hydrogens (primary N) is 1. The number of nitrogen functional groups attached to an aromatic ring is 1. The Bertz CT molecular complexity index is 677. The Balaban J connectivity index is 2.00. The van der Waals surface area contributed by atoms with Gasteiger partial charge in [-0.3, -0.25) is 0 Å². The maximum absolute atomic E-state index is 9.86. The second-order valence-electron chi connectivity index (χ2n) is 5.83. The molecule has 0 atom stereocenters. The summed E-state index contributed by atoms with van der Waals surface area (Å²) in [6.07, 6.45) is 2.49. The highest BCUT2D eigenvalue weighted by Gasteiger charge is 2.23. The first-order valence-corrected chi connectivity index (χ1v) is 7.26. The summed E-state index contributed by atoms with van der Waals surface area (Å²) in [7, 11) is 0. The highest BCUT2D eigenvalue weighted by molar-refractivity contribution is 6.04. The zero-order valence-electron chi connectivity index (χ0n) is 11.5. The van der Waals surface area contributed by atoms with Crippen molar-refractivity contribution in [2.24, 2.45) is 0 Å². The highest BCUT2D eigenvalue weighted by Crippen LogP contribution is 2.40. The topological polar surface area (TPSA) is 52.7 Å². The van der Waals surface area contributed by atoms with E-state index in [1.54, 1.807) is 0 Å². The highest BCUT2D eigenvalue weighted by atomic mass is 16.5. The van der Waals surface area contributed by atoms with E-state index in [0.717, 1.165) is 24.3 Å². The van der Waals surface area contributed by atoms with E-state index in [4.69, 9.17) is 5.73 Å². The summed E-state index contributed by atoms with van der Waals surface area (Å²) in [5, 5.41) is 13.7. The number of rotatable bonds is 1. The first-order chi connectivity index (χ1) is 9.74. The van der Waals surface area contributed by atoms with E-state index in [9.17, 15) is 5.21 Å². The maximum atomic E-state index is 9.86. The van der Waals surface area contributed by atoms with Crippen LogP contribution in [0.15, 0.2) is 24.3 Å². The van der Waals surface area contributed by atoms with Gasteiger partial charge in [0.25, 0.3) is 0 Å². The van der Waals surface area contributed by atoms with E-state index in [2.05, 4.69) is 23.1 Å². The number of anilines is 2. The summed E-state index contributed by atoms with van der Waals surface area (Å²) in [5.74, 6) is 0. The third-order valence-corrected chi connectivity index (χ3v) is 4.46. The summed E-state index contributed by atoms with van der Waals surface area (Å²) >= 11 is 0. The van der Waals surface area contributed by atoms with E-state index in [-0.39, 0.29) is 0 Å². The maximum Gasteiger partial charge on any atom is 0.0679 e. The summed E-state index contributed by atoms with van der Waals surface area (Å²) in [6.45, 7) is 3.33. The smallest absolute Gasteiger partial charge is 0.0679 e. The molecule has 4 nitrogen and oxygen atoms in total. The molecule has 0 radical (unpaired) electrons. The van der Waals surface area contributed by atoms with Crippen LogP contribution in [0.2, 0.25) is 0 Å². The van der Waals surface area contributed by atoms with Crippen molar-refractivity contribution < 1.29 is 5.21 Å². The summed E-state index contributed by atoms with van der Waals surface area (Å²) in [4.78, 5) is 2.41. The Morgan fingerprint density at radius 2 is 1.80 bits per heavy atom. The fraction of sp³-hybridized carbons (Fsp3) is 0.375. The lowest BCUT2D eigenvalue weighted by atomic mass is 9.93. The lowest BCUT2D eigenvalue weighted by Gasteiger charge is -2.28. The molecular weight excluding hydrogens is 250 g/mol. The number of hydrogen-bond donors (Lipinski definition) is 2. The van der Waals surface area contributed by atoms with Gasteiger partial charge >= 0.3 is 0 Å². The third-order valence-electron chi connectivity index (χ3n) is 4.46. The molecule has 3 N–H and O–H groups in total. The molecule has 0 spiro atoms. The van der Waals surface area contributed by atoms with Gasteiger partial charge in [-0.25, -0.2) is 0 Å². The zero-order chi connectivity index (χ0) is 13.7. The summed E-state index contributed by atoms with van der Waals surface area (Å²) < 4.78 is 0. The molecule has 0 saturated carbocycles. The molecule has 2 aliphatic heterocycles. The van der Waals surface area contributed by atoms with Gasteiger partial charge in [0, 0.05) is 31.6 Å². The quantitative estimate of drug-likeness (QED) is 0.782. The Morgan fingerprint density at radius 3 is 2.60 bits per heavy atom. The number of hydrogen-bond acceptors (Lipinski definition) is 4. The predicted octanol–water partition coefficient (Wildman–Crippen LogP) is 2.73. The van der Waals surface area contributed by atoms with Gasteiger partial charge in [0.2, 0.25) is 0 Å². The third kappa shape index (κ3) is 1.69. The molecular formula is C16H19N3O. The molecule has 1 fully saturated rings. The van der Waals surface area contributed by atoms with Crippen molar-refractivity contribution >= 4 is 22.1 Å². The average molecular weight is 269 g/mol. The molecule has 0 unspecified atom stereocenters. The van der Waals surface area contributed by atoms with Crippen LogP contribution in [0, 0.1) is 0 Å². The Labute approximate surface area is 118 Å². The van der Waals surface area contributed by atoms with E-state index in [0.29, 0.717) is 13.1 Å². The van der Waals surface area contributed by atoms with Crippen LogP contribution in [-0.4, -0.2) is 23.4 Å². The molecule has 4 heteroatoms. The Hall–Kier alpha value is -1.78. The van der Waals surface area contributed by atoms with Crippen molar-refractivity contribution in [2.45, 2.75) is 25.9 Å². The first-order valence-electron chi connectivity index (χ1n) is 7.26. The van der Waals surface area contributed by atoms with Crippen LogP contribution in [0.1, 0.15) is 24.0 Å². The largest absolute Gasteiger partial charge is 0.397 e. The van der Waals surface area contributed by atoms with Crippen LogP contribution in [0.25, 0.3) is 10.8 Å². The molecule has 1 saturated heterocycles. The number of nitrogens with zero attached hydrogens (tertiary/aromatic N) is 2. The molecule has 2 aromatic rings. The SMILES string of the molecule is Nc1cc2c3c(cccc3c1N1CCCC1)CN(O)C2. The van der Waals surface area contributed by atoms with Gasteiger partial charge in [-0.05, 0) is 35.4 Å². The fourth-order valence-corrected chi connectivity index (χ4v) is 3.66. The van der Waals surface area contributed by atoms with Gasteiger partial charge in [0.05, 0.1) is 11.4 Å². The summed E-state index contributed by atoms with van der Waals surface area (Å²) in [6, 6.07) is 8.37. The second kappa shape index (κ2) is 4.36. The lowest BCUT2D eigenvalue weighted by molar-refractivity contribution is -0.109. The minimum atomic E-state index is 0.554. The number of hydroxylamine groups is 2. The van der Waals surface area contributed by atoms with E-state index >= 15 is 0 Å². The standard InChI is InChI=1S/C16H19N3O/c17-14-8-12-10-19(20)9-11-4-3-5-13(15(11)12)16(14)18-6-1-2-7-18/h3-5,8,20H,1-2,6-7,9-10,17H2. The molecule has 0 aliphatic carbocycles. The molecule has 0 aromatic heterocycles. The monoisotopic (exact) mass is 269 g/mol. The Morgan fingerprint density at radius 1 is 1.05 bits per heavy atom. The minimum absolute atomic E-state index is 0.554. The van der Waals surface area contributed by atoms with Crippen molar-refractivity contribution in [1.29, 1.82) is 0 Å². The fourth-order valence-electron chi connectivity index (χ4n) is 3.66. The molecule has 20 heavy (non-hydrogen) atoms. The lowest BCUT2D eigenvalue weighted by Crippen LogP contribution is -2.24. The van der Waals surface area contributed by atoms with E-state index < -0.39 is 0 Å². The predicted molar refractivity (Wildman–Crippen MR) is 80.8 cm³/mol. The molecule has 4 rings (SSSR count). The van der Waals surface area contributed by atoms with Gasteiger partial charge in [-0.1, -0.05) is 18.2 Å². The van der Waals surface area contributed by atoms with Crippen LogP contribution in [0.3, 0.4) is 0 Å². The molecule has 0 amide bonds. The second-order valence-corrected chi connectivity index (χ2v) is 5.83. The van der Waals surface area contributed by atoms with Crippen molar-refractivity contribution in [3.63, 3.8) is 0 Å². The van der Waals surface area contributed by atoms with Crippen molar-refractivity contribution in [1.82, 2.24) is 5.06 Å². The van der Waals surface area contributed by atoms with Gasteiger partial charge in [-0.15, -0.1) is 0 Å². The minimum Gasteiger partial charge on any atom is -0.397 e. The Kier molecular flexibility index (Phi) is 2.62. The first kappa shape index (κ1) is 12.0. The van der Waals surface area contributed by atoms with Crippen LogP contribution in [0.4, 0.5) is 11.4 Å². The zero-order valence-corrected chi connectivity index (χ0v) is 11.5. The van der Waals surface area contributed by atoms with Gasteiger partial charge in [-0.2, -0.15) is 5.06 Å².